The average Bonchev–Trinajstić information content (AvgIpc) is 2.70. The molecule has 0 fully saturated rings. The van der Waals surface area contributed by atoms with Crippen LogP contribution in [-0.2, 0) is 16.1 Å². The summed E-state index contributed by atoms with van der Waals surface area (Å²) in [6.07, 6.45) is 0.832. The number of ether oxygens (including phenoxy) is 1. The van der Waals surface area contributed by atoms with Crippen molar-refractivity contribution in [1.82, 2.24) is 10.2 Å². The predicted molar refractivity (Wildman–Crippen MR) is 114 cm³/mol. The molecule has 0 saturated carbocycles. The van der Waals surface area contributed by atoms with Crippen molar-refractivity contribution >= 4 is 39.3 Å². The van der Waals surface area contributed by atoms with Gasteiger partial charge in [-0.15, -0.1) is 0 Å². The molecule has 2 aromatic rings. The first-order valence-electron chi connectivity index (χ1n) is 9.10. The van der Waals surface area contributed by atoms with Gasteiger partial charge in [0.1, 0.15) is 11.8 Å². The van der Waals surface area contributed by atoms with Crippen molar-refractivity contribution in [3.05, 3.63) is 63.6 Å². The normalized spacial score (nSPS) is 11.6. The summed E-state index contributed by atoms with van der Waals surface area (Å²) >= 11 is 9.27. The number of carbonyl (C=O) groups excluding carboxylic acids is 2. The average molecular weight is 468 g/mol. The van der Waals surface area contributed by atoms with Gasteiger partial charge >= 0.3 is 0 Å². The van der Waals surface area contributed by atoms with Crippen LogP contribution in [0.4, 0.5) is 0 Å². The van der Waals surface area contributed by atoms with Crippen molar-refractivity contribution < 1.29 is 14.3 Å². The molecule has 2 rings (SSSR count). The lowest BCUT2D eigenvalue weighted by Gasteiger charge is -2.28. The van der Waals surface area contributed by atoms with Gasteiger partial charge in [-0.05, 0) is 55.3 Å². The number of nitrogens with zero attached hydrogens (tertiary/aromatic N) is 1. The summed E-state index contributed by atoms with van der Waals surface area (Å²) in [5.41, 5.74) is 0.929. The summed E-state index contributed by atoms with van der Waals surface area (Å²) in [7, 11) is 0. The molecule has 0 saturated heterocycles. The number of hydrogen-bond donors (Lipinski definition) is 1. The molecule has 0 bridgehead atoms. The van der Waals surface area contributed by atoms with Crippen molar-refractivity contribution in [2.45, 2.75) is 32.9 Å². The fraction of sp³-hybridized carbons (Fsp3) is 0.333. The Hall–Kier alpha value is -2.05. The molecule has 1 N–H and O–H groups in total. The standard InChI is InChI=1S/C21H24BrClN2O3/c1-3-12-24-21(27)15(2)25(13-16-4-6-17(22)7-5-16)20(26)14-28-19-10-8-18(23)9-11-19/h4-11,15H,3,12-14H2,1-2H3,(H,24,27)/t15-/m0/s1. The van der Waals surface area contributed by atoms with E-state index in [1.807, 2.05) is 31.2 Å². The Morgan fingerprint density at radius 3 is 2.39 bits per heavy atom. The molecule has 28 heavy (non-hydrogen) atoms. The lowest BCUT2D eigenvalue weighted by molar-refractivity contribution is -0.142. The van der Waals surface area contributed by atoms with E-state index in [-0.39, 0.29) is 18.4 Å². The van der Waals surface area contributed by atoms with Gasteiger partial charge in [0.15, 0.2) is 6.61 Å². The summed E-state index contributed by atoms with van der Waals surface area (Å²) in [4.78, 5) is 26.8. The molecule has 0 aliphatic rings. The van der Waals surface area contributed by atoms with Gasteiger partial charge in [-0.2, -0.15) is 0 Å². The van der Waals surface area contributed by atoms with E-state index < -0.39 is 6.04 Å². The third-order valence-corrected chi connectivity index (χ3v) is 4.94. The summed E-state index contributed by atoms with van der Waals surface area (Å²) in [5.74, 6) is 0.0975. The van der Waals surface area contributed by atoms with Gasteiger partial charge in [0, 0.05) is 22.6 Å². The predicted octanol–water partition coefficient (Wildman–Crippen LogP) is 4.42. The fourth-order valence-electron chi connectivity index (χ4n) is 2.52. The third-order valence-electron chi connectivity index (χ3n) is 4.16. The second kappa shape index (κ2) is 11.1. The molecular weight excluding hydrogens is 444 g/mol. The lowest BCUT2D eigenvalue weighted by Crippen LogP contribution is -2.49. The Morgan fingerprint density at radius 1 is 1.14 bits per heavy atom. The maximum Gasteiger partial charge on any atom is 0.261 e. The Balaban J connectivity index is 2.10. The number of benzene rings is 2. The van der Waals surface area contributed by atoms with Gasteiger partial charge < -0.3 is 15.0 Å². The van der Waals surface area contributed by atoms with Crippen molar-refractivity contribution in [2.75, 3.05) is 13.2 Å². The number of nitrogens with one attached hydrogen (secondary N) is 1. The highest BCUT2D eigenvalue weighted by molar-refractivity contribution is 9.10. The Labute approximate surface area is 179 Å². The van der Waals surface area contributed by atoms with E-state index in [9.17, 15) is 9.59 Å². The summed E-state index contributed by atoms with van der Waals surface area (Å²) in [5, 5.41) is 3.44. The highest BCUT2D eigenvalue weighted by Gasteiger charge is 2.26. The SMILES string of the molecule is CCCNC(=O)[C@H](C)N(Cc1ccc(Br)cc1)C(=O)COc1ccc(Cl)cc1. The molecule has 2 amide bonds. The minimum atomic E-state index is -0.614. The minimum absolute atomic E-state index is 0.163. The first-order chi connectivity index (χ1) is 13.4. The number of halogens is 2. The highest BCUT2D eigenvalue weighted by atomic mass is 79.9. The van der Waals surface area contributed by atoms with Crippen LogP contribution in [0.1, 0.15) is 25.8 Å². The highest BCUT2D eigenvalue weighted by Crippen LogP contribution is 2.17. The molecule has 0 radical (unpaired) electrons. The number of rotatable bonds is 9. The van der Waals surface area contributed by atoms with Crippen LogP contribution in [0.25, 0.3) is 0 Å². The molecule has 5 nitrogen and oxygen atoms in total. The summed E-state index contributed by atoms with van der Waals surface area (Å²) in [6.45, 7) is 4.44. The molecule has 7 heteroatoms. The van der Waals surface area contributed by atoms with Crippen LogP contribution < -0.4 is 10.1 Å². The van der Waals surface area contributed by atoms with E-state index in [2.05, 4.69) is 21.2 Å². The molecule has 0 aliphatic carbocycles. The van der Waals surface area contributed by atoms with Crippen LogP contribution >= 0.6 is 27.5 Å². The fourth-order valence-corrected chi connectivity index (χ4v) is 2.91. The van der Waals surface area contributed by atoms with E-state index in [0.29, 0.717) is 23.9 Å². The van der Waals surface area contributed by atoms with E-state index in [0.717, 1.165) is 16.5 Å². The van der Waals surface area contributed by atoms with Crippen LogP contribution in [0.15, 0.2) is 53.0 Å². The van der Waals surface area contributed by atoms with Crippen LogP contribution in [0, 0.1) is 0 Å². The minimum Gasteiger partial charge on any atom is -0.484 e. The second-order valence-corrected chi connectivity index (χ2v) is 7.71. The Bertz CT molecular complexity index is 781. The Morgan fingerprint density at radius 2 is 1.79 bits per heavy atom. The molecule has 2 aromatic carbocycles. The molecule has 1 atom stereocenters. The molecule has 0 spiro atoms. The van der Waals surface area contributed by atoms with Crippen LogP contribution in [0.2, 0.25) is 5.02 Å². The zero-order valence-corrected chi connectivity index (χ0v) is 18.3. The van der Waals surface area contributed by atoms with Gasteiger partial charge in [0.05, 0.1) is 0 Å². The van der Waals surface area contributed by atoms with E-state index in [1.165, 1.54) is 4.90 Å². The largest absolute Gasteiger partial charge is 0.484 e. The molecule has 0 aromatic heterocycles. The molecule has 0 aliphatic heterocycles. The smallest absolute Gasteiger partial charge is 0.261 e. The summed E-state index contributed by atoms with van der Waals surface area (Å²) in [6, 6.07) is 13.8. The first kappa shape index (κ1) is 22.2. The second-order valence-electron chi connectivity index (χ2n) is 6.36. The zero-order valence-electron chi connectivity index (χ0n) is 16.0. The molecule has 150 valence electrons. The van der Waals surface area contributed by atoms with Crippen molar-refractivity contribution in [2.24, 2.45) is 0 Å². The third kappa shape index (κ3) is 6.84. The molecule has 0 unspecified atom stereocenters. The van der Waals surface area contributed by atoms with Crippen LogP contribution in [0.3, 0.4) is 0 Å². The van der Waals surface area contributed by atoms with Crippen LogP contribution in [-0.4, -0.2) is 35.9 Å². The van der Waals surface area contributed by atoms with Crippen molar-refractivity contribution in [3.63, 3.8) is 0 Å². The van der Waals surface area contributed by atoms with Crippen molar-refractivity contribution in [3.8, 4) is 5.75 Å². The monoisotopic (exact) mass is 466 g/mol. The van der Waals surface area contributed by atoms with Crippen molar-refractivity contribution in [1.29, 1.82) is 0 Å². The first-order valence-corrected chi connectivity index (χ1v) is 10.3. The van der Waals surface area contributed by atoms with Gasteiger partial charge in [0.2, 0.25) is 5.91 Å². The van der Waals surface area contributed by atoms with Gasteiger partial charge in [-0.1, -0.05) is 46.6 Å². The number of amides is 2. The van der Waals surface area contributed by atoms with Crippen LogP contribution in [0.5, 0.6) is 5.75 Å². The maximum absolute atomic E-state index is 12.9. The summed E-state index contributed by atoms with van der Waals surface area (Å²) < 4.78 is 6.54. The topological polar surface area (TPSA) is 58.6 Å². The van der Waals surface area contributed by atoms with E-state index >= 15 is 0 Å². The maximum atomic E-state index is 12.9. The van der Waals surface area contributed by atoms with Gasteiger partial charge in [-0.25, -0.2) is 0 Å². The van der Waals surface area contributed by atoms with Gasteiger partial charge in [-0.3, -0.25) is 9.59 Å². The zero-order chi connectivity index (χ0) is 20.5. The quantitative estimate of drug-likeness (QED) is 0.594. The van der Waals surface area contributed by atoms with E-state index in [1.54, 1.807) is 31.2 Å². The molecular formula is C21H24BrClN2O3. The lowest BCUT2D eigenvalue weighted by atomic mass is 10.1. The van der Waals surface area contributed by atoms with Gasteiger partial charge in [0.25, 0.3) is 5.91 Å². The number of hydrogen-bond acceptors (Lipinski definition) is 3. The van der Waals surface area contributed by atoms with E-state index in [4.69, 9.17) is 16.3 Å². The number of carbonyl (C=O) groups is 2. The molecule has 0 heterocycles. The Kier molecular flexibility index (Phi) is 8.80.